The van der Waals surface area contributed by atoms with E-state index in [1.54, 1.807) is 17.5 Å². The zero-order valence-corrected chi connectivity index (χ0v) is 12.4. The number of hydrogen-bond donors (Lipinski definition) is 2. The molecule has 0 saturated heterocycles. The predicted octanol–water partition coefficient (Wildman–Crippen LogP) is 3.61. The monoisotopic (exact) mass is 333 g/mol. The number of hydrazine groups is 1. The van der Waals surface area contributed by atoms with Gasteiger partial charge in [0.25, 0.3) is 0 Å². The van der Waals surface area contributed by atoms with Crippen molar-refractivity contribution in [2.75, 3.05) is 0 Å². The van der Waals surface area contributed by atoms with Gasteiger partial charge in [0.05, 0.1) is 15.3 Å². The fraction of sp³-hybridized carbons (Fsp3) is 0.0714. The third-order valence-electron chi connectivity index (χ3n) is 3.01. The van der Waals surface area contributed by atoms with E-state index < -0.39 is 0 Å². The second-order valence-electron chi connectivity index (χ2n) is 4.20. The van der Waals surface area contributed by atoms with Crippen LogP contribution in [0.15, 0.2) is 52.4 Å². The van der Waals surface area contributed by atoms with Crippen molar-refractivity contribution in [2.24, 2.45) is 5.84 Å². The molecule has 2 heterocycles. The molecule has 1 aromatic carbocycles. The minimum Gasteiger partial charge on any atom is -0.271 e. The normalized spacial score (nSPS) is 12.7. The quantitative estimate of drug-likeness (QED) is 0.568. The summed E-state index contributed by atoms with van der Waals surface area (Å²) >= 11 is 5.16. The number of hydrogen-bond acceptors (Lipinski definition) is 4. The van der Waals surface area contributed by atoms with Gasteiger partial charge < -0.3 is 0 Å². The first-order valence-corrected chi connectivity index (χ1v) is 7.45. The molecule has 1 atom stereocenters. The third kappa shape index (κ3) is 2.55. The maximum atomic E-state index is 5.72. The largest absolute Gasteiger partial charge is 0.271 e. The van der Waals surface area contributed by atoms with Crippen LogP contribution in [-0.2, 0) is 0 Å². The molecule has 3 N–H and O–H groups in total. The van der Waals surface area contributed by atoms with Gasteiger partial charge in [0.1, 0.15) is 0 Å². The molecular formula is C14H12BrN3S. The molecule has 3 aromatic rings. The molecule has 0 aliphatic heterocycles. The Bertz CT molecular complexity index is 710. The smallest absolute Gasteiger partial charge is 0.0803 e. The van der Waals surface area contributed by atoms with Gasteiger partial charge in [-0.2, -0.15) is 0 Å². The van der Waals surface area contributed by atoms with Crippen LogP contribution in [0.3, 0.4) is 0 Å². The van der Waals surface area contributed by atoms with Crippen molar-refractivity contribution in [3.05, 3.63) is 62.9 Å². The first kappa shape index (κ1) is 12.7. The van der Waals surface area contributed by atoms with Crippen molar-refractivity contribution >= 4 is 38.2 Å². The van der Waals surface area contributed by atoms with Gasteiger partial charge in [-0.05, 0) is 51.8 Å². The highest BCUT2D eigenvalue weighted by molar-refractivity contribution is 9.11. The van der Waals surface area contributed by atoms with Crippen LogP contribution in [0.5, 0.6) is 0 Å². The van der Waals surface area contributed by atoms with E-state index in [4.69, 9.17) is 5.84 Å². The summed E-state index contributed by atoms with van der Waals surface area (Å²) in [4.78, 5) is 5.51. The van der Waals surface area contributed by atoms with Gasteiger partial charge in [-0.1, -0.05) is 12.1 Å². The number of benzene rings is 1. The molecule has 2 aromatic heterocycles. The molecule has 0 amide bonds. The molecule has 0 spiro atoms. The molecule has 1 unspecified atom stereocenters. The van der Waals surface area contributed by atoms with Crippen LogP contribution >= 0.6 is 27.3 Å². The van der Waals surface area contributed by atoms with Crippen molar-refractivity contribution in [1.29, 1.82) is 0 Å². The number of pyridine rings is 1. The SMILES string of the molecule is NNC(c1ccc2ncccc2c1)c1ccc(Br)s1. The molecule has 5 heteroatoms. The lowest BCUT2D eigenvalue weighted by Crippen LogP contribution is -2.28. The number of halogens is 1. The molecule has 0 saturated carbocycles. The summed E-state index contributed by atoms with van der Waals surface area (Å²) in [5.41, 5.74) is 5.01. The fourth-order valence-corrected chi connectivity index (χ4v) is 3.61. The number of nitrogens with zero attached hydrogens (tertiary/aromatic N) is 1. The van der Waals surface area contributed by atoms with E-state index >= 15 is 0 Å². The Kier molecular flexibility index (Phi) is 3.61. The summed E-state index contributed by atoms with van der Waals surface area (Å²) in [6.45, 7) is 0. The van der Waals surface area contributed by atoms with Gasteiger partial charge in [0.15, 0.2) is 0 Å². The molecule has 0 aliphatic rings. The molecular weight excluding hydrogens is 322 g/mol. The van der Waals surface area contributed by atoms with Crippen molar-refractivity contribution < 1.29 is 0 Å². The lowest BCUT2D eigenvalue weighted by Gasteiger charge is -2.15. The van der Waals surface area contributed by atoms with E-state index in [9.17, 15) is 0 Å². The van der Waals surface area contributed by atoms with E-state index in [1.807, 2.05) is 18.2 Å². The number of aromatic nitrogens is 1. The number of fused-ring (bicyclic) bond motifs is 1. The Morgan fingerprint density at radius 2 is 2.11 bits per heavy atom. The van der Waals surface area contributed by atoms with Crippen LogP contribution < -0.4 is 11.3 Å². The molecule has 0 bridgehead atoms. The van der Waals surface area contributed by atoms with Gasteiger partial charge in [-0.3, -0.25) is 10.8 Å². The highest BCUT2D eigenvalue weighted by atomic mass is 79.9. The van der Waals surface area contributed by atoms with Gasteiger partial charge in [-0.25, -0.2) is 5.43 Å². The van der Waals surface area contributed by atoms with Gasteiger partial charge in [-0.15, -0.1) is 11.3 Å². The minimum atomic E-state index is 0.000839. The summed E-state index contributed by atoms with van der Waals surface area (Å²) in [6.07, 6.45) is 1.80. The van der Waals surface area contributed by atoms with Crippen LogP contribution in [0.2, 0.25) is 0 Å². The second kappa shape index (κ2) is 5.38. The summed E-state index contributed by atoms with van der Waals surface area (Å²) in [5.74, 6) is 5.72. The minimum absolute atomic E-state index is 0.000839. The lowest BCUT2D eigenvalue weighted by molar-refractivity contribution is 0.647. The van der Waals surface area contributed by atoms with Crippen molar-refractivity contribution in [1.82, 2.24) is 10.4 Å². The number of nitrogens with two attached hydrogens (primary N) is 1. The van der Waals surface area contributed by atoms with E-state index in [0.717, 1.165) is 20.3 Å². The summed E-state index contributed by atoms with van der Waals surface area (Å²) in [6, 6.07) is 14.3. The summed E-state index contributed by atoms with van der Waals surface area (Å²) in [7, 11) is 0. The topological polar surface area (TPSA) is 50.9 Å². The average Bonchev–Trinajstić information content (AvgIpc) is 2.86. The molecule has 0 radical (unpaired) electrons. The zero-order chi connectivity index (χ0) is 13.2. The number of nitrogens with one attached hydrogen (secondary N) is 1. The Hall–Kier alpha value is -1.27. The van der Waals surface area contributed by atoms with E-state index in [2.05, 4.69) is 50.6 Å². The van der Waals surface area contributed by atoms with Crippen molar-refractivity contribution in [3.8, 4) is 0 Å². The molecule has 3 rings (SSSR count). The Morgan fingerprint density at radius 1 is 1.21 bits per heavy atom. The molecule has 19 heavy (non-hydrogen) atoms. The standard InChI is InChI=1S/C14H12BrN3S/c15-13-6-5-12(19-13)14(18-16)10-3-4-11-9(8-10)2-1-7-17-11/h1-8,14,18H,16H2. The highest BCUT2D eigenvalue weighted by Gasteiger charge is 2.14. The highest BCUT2D eigenvalue weighted by Crippen LogP contribution is 2.31. The molecule has 0 aliphatic carbocycles. The van der Waals surface area contributed by atoms with Gasteiger partial charge in [0, 0.05) is 16.5 Å². The Labute approximate surface area is 123 Å². The van der Waals surface area contributed by atoms with Crippen LogP contribution in [0.25, 0.3) is 10.9 Å². The molecule has 3 nitrogen and oxygen atoms in total. The Morgan fingerprint density at radius 3 is 2.84 bits per heavy atom. The zero-order valence-electron chi connectivity index (χ0n) is 10.0. The van der Waals surface area contributed by atoms with Crippen molar-refractivity contribution in [2.45, 2.75) is 6.04 Å². The summed E-state index contributed by atoms with van der Waals surface area (Å²) < 4.78 is 1.10. The molecule has 0 fully saturated rings. The first-order valence-electron chi connectivity index (χ1n) is 5.84. The predicted molar refractivity (Wildman–Crippen MR) is 82.9 cm³/mol. The van der Waals surface area contributed by atoms with Crippen LogP contribution in [0.1, 0.15) is 16.5 Å². The third-order valence-corrected chi connectivity index (χ3v) is 4.69. The number of rotatable bonds is 3. The van der Waals surface area contributed by atoms with Gasteiger partial charge in [0.2, 0.25) is 0 Å². The number of thiophene rings is 1. The average molecular weight is 334 g/mol. The van der Waals surface area contributed by atoms with E-state index in [1.165, 1.54) is 4.88 Å². The second-order valence-corrected chi connectivity index (χ2v) is 6.69. The summed E-state index contributed by atoms with van der Waals surface area (Å²) in [5, 5.41) is 1.12. The van der Waals surface area contributed by atoms with E-state index in [0.29, 0.717) is 0 Å². The maximum absolute atomic E-state index is 5.72. The Balaban J connectivity index is 2.06. The van der Waals surface area contributed by atoms with Crippen LogP contribution in [0.4, 0.5) is 0 Å². The lowest BCUT2D eigenvalue weighted by atomic mass is 10.0. The first-order chi connectivity index (χ1) is 9.28. The maximum Gasteiger partial charge on any atom is 0.0803 e. The fourth-order valence-electron chi connectivity index (χ4n) is 2.10. The van der Waals surface area contributed by atoms with Crippen LogP contribution in [-0.4, -0.2) is 4.98 Å². The van der Waals surface area contributed by atoms with Crippen molar-refractivity contribution in [3.63, 3.8) is 0 Å². The van der Waals surface area contributed by atoms with Gasteiger partial charge >= 0.3 is 0 Å². The van der Waals surface area contributed by atoms with Crippen LogP contribution in [0, 0.1) is 0 Å². The molecule has 96 valence electrons. The van der Waals surface area contributed by atoms with E-state index in [-0.39, 0.29) is 6.04 Å².